The summed E-state index contributed by atoms with van der Waals surface area (Å²) in [6.45, 7) is 3.43. The Balaban J connectivity index is 2.35. The fourth-order valence-electron chi connectivity index (χ4n) is 1.67. The van der Waals surface area contributed by atoms with Gasteiger partial charge < -0.3 is 5.73 Å². The quantitative estimate of drug-likeness (QED) is 0.933. The number of nitrogens with two attached hydrogens (primary N) is 1. The van der Waals surface area contributed by atoms with Crippen molar-refractivity contribution in [3.8, 4) is 11.4 Å². The first kappa shape index (κ1) is 12.2. The Labute approximate surface area is 108 Å². The highest BCUT2D eigenvalue weighted by atomic mass is 79.9. The second-order valence-electron chi connectivity index (χ2n) is 3.83. The van der Waals surface area contributed by atoms with Gasteiger partial charge in [-0.2, -0.15) is 0 Å². The van der Waals surface area contributed by atoms with Gasteiger partial charge in [0.25, 0.3) is 0 Å². The van der Waals surface area contributed by atoms with E-state index < -0.39 is 0 Å². The predicted octanol–water partition coefficient (Wildman–Crippen LogP) is 1.76. The van der Waals surface area contributed by atoms with E-state index in [0.29, 0.717) is 6.54 Å². The number of benzene rings is 1. The molecular formula is C11H14BrN5. The van der Waals surface area contributed by atoms with Crippen molar-refractivity contribution >= 4 is 15.9 Å². The molecule has 0 aliphatic heterocycles. The van der Waals surface area contributed by atoms with E-state index in [-0.39, 0.29) is 0 Å². The maximum atomic E-state index is 5.50. The average molecular weight is 296 g/mol. The molecule has 0 bridgehead atoms. The molecule has 0 saturated heterocycles. The number of hydrogen-bond donors (Lipinski definition) is 1. The first-order valence-corrected chi connectivity index (χ1v) is 6.24. The van der Waals surface area contributed by atoms with Gasteiger partial charge in [0.1, 0.15) is 0 Å². The zero-order chi connectivity index (χ0) is 12.3. The Hall–Kier alpha value is -1.27. The number of tetrazole rings is 1. The third-order valence-corrected chi connectivity index (χ3v) is 3.03. The molecule has 2 N–H and O–H groups in total. The van der Waals surface area contributed by atoms with E-state index in [0.717, 1.165) is 34.4 Å². The van der Waals surface area contributed by atoms with Crippen LogP contribution in [0.4, 0.5) is 0 Å². The van der Waals surface area contributed by atoms with Crippen molar-refractivity contribution in [2.45, 2.75) is 19.9 Å². The van der Waals surface area contributed by atoms with E-state index >= 15 is 0 Å². The Morgan fingerprint density at radius 3 is 2.94 bits per heavy atom. The molecule has 0 saturated carbocycles. The smallest absolute Gasteiger partial charge is 0.182 e. The van der Waals surface area contributed by atoms with Crippen molar-refractivity contribution < 1.29 is 0 Å². The van der Waals surface area contributed by atoms with Crippen LogP contribution in [0.25, 0.3) is 11.4 Å². The van der Waals surface area contributed by atoms with Gasteiger partial charge in [-0.05, 0) is 54.1 Å². The van der Waals surface area contributed by atoms with Gasteiger partial charge in [0.2, 0.25) is 0 Å². The molecule has 6 heteroatoms. The standard InChI is InChI=1S/C11H14BrN5/c1-8-7-9(12)3-4-10(8)11-14-15-16-17(11)6-2-5-13/h3-4,7H,2,5-6,13H2,1H3. The predicted molar refractivity (Wildman–Crippen MR) is 69.4 cm³/mol. The van der Waals surface area contributed by atoms with Crippen LogP contribution in [-0.2, 0) is 6.54 Å². The monoisotopic (exact) mass is 295 g/mol. The molecule has 1 aromatic heterocycles. The molecule has 0 fully saturated rings. The molecule has 2 aromatic rings. The molecule has 5 nitrogen and oxygen atoms in total. The lowest BCUT2D eigenvalue weighted by Gasteiger charge is -2.06. The molecule has 0 atom stereocenters. The third-order valence-electron chi connectivity index (χ3n) is 2.54. The second-order valence-corrected chi connectivity index (χ2v) is 4.74. The molecule has 0 aliphatic rings. The third kappa shape index (κ3) is 2.70. The van der Waals surface area contributed by atoms with Crippen molar-refractivity contribution in [1.29, 1.82) is 0 Å². The van der Waals surface area contributed by atoms with Crippen molar-refractivity contribution in [2.24, 2.45) is 5.73 Å². The van der Waals surface area contributed by atoms with Crippen LogP contribution in [0.15, 0.2) is 22.7 Å². The van der Waals surface area contributed by atoms with E-state index in [2.05, 4.69) is 37.5 Å². The summed E-state index contributed by atoms with van der Waals surface area (Å²) in [6.07, 6.45) is 0.869. The van der Waals surface area contributed by atoms with Crippen LogP contribution in [0.2, 0.25) is 0 Å². The van der Waals surface area contributed by atoms with Crippen LogP contribution in [0.3, 0.4) is 0 Å². The molecule has 0 spiro atoms. The Morgan fingerprint density at radius 1 is 1.41 bits per heavy atom. The molecular weight excluding hydrogens is 282 g/mol. The average Bonchev–Trinajstić information content (AvgIpc) is 2.74. The summed E-state index contributed by atoms with van der Waals surface area (Å²) in [5.41, 5.74) is 7.69. The molecule has 0 radical (unpaired) electrons. The Morgan fingerprint density at radius 2 is 2.24 bits per heavy atom. The minimum Gasteiger partial charge on any atom is -0.330 e. The molecule has 1 heterocycles. The maximum Gasteiger partial charge on any atom is 0.182 e. The lowest BCUT2D eigenvalue weighted by molar-refractivity contribution is 0.568. The summed E-state index contributed by atoms with van der Waals surface area (Å²) in [4.78, 5) is 0. The number of nitrogens with zero attached hydrogens (tertiary/aromatic N) is 4. The minimum absolute atomic E-state index is 0.638. The van der Waals surface area contributed by atoms with E-state index in [1.54, 1.807) is 4.68 Å². The van der Waals surface area contributed by atoms with Crippen LogP contribution >= 0.6 is 15.9 Å². The lowest BCUT2D eigenvalue weighted by Crippen LogP contribution is -2.08. The van der Waals surface area contributed by atoms with Crippen LogP contribution in [0, 0.1) is 6.92 Å². The maximum absolute atomic E-state index is 5.50. The highest BCUT2D eigenvalue weighted by molar-refractivity contribution is 9.10. The molecule has 0 unspecified atom stereocenters. The number of aryl methyl sites for hydroxylation is 2. The highest BCUT2D eigenvalue weighted by Crippen LogP contribution is 2.23. The summed E-state index contributed by atoms with van der Waals surface area (Å²) in [6, 6.07) is 6.06. The number of aromatic nitrogens is 4. The molecule has 1 aromatic carbocycles. The SMILES string of the molecule is Cc1cc(Br)ccc1-c1nnnn1CCCN. The minimum atomic E-state index is 0.638. The van der Waals surface area contributed by atoms with Gasteiger partial charge in [-0.15, -0.1) is 5.10 Å². The number of hydrogen-bond acceptors (Lipinski definition) is 4. The van der Waals surface area contributed by atoms with Gasteiger partial charge in [-0.25, -0.2) is 4.68 Å². The first-order valence-electron chi connectivity index (χ1n) is 5.45. The number of halogens is 1. The van der Waals surface area contributed by atoms with Crippen molar-refractivity contribution in [3.05, 3.63) is 28.2 Å². The molecule has 0 aliphatic carbocycles. The summed E-state index contributed by atoms with van der Waals surface area (Å²) >= 11 is 3.45. The topological polar surface area (TPSA) is 69.6 Å². The van der Waals surface area contributed by atoms with Gasteiger partial charge in [0.05, 0.1) is 0 Å². The van der Waals surface area contributed by atoms with Crippen LogP contribution in [-0.4, -0.2) is 26.8 Å². The largest absolute Gasteiger partial charge is 0.330 e. The first-order chi connectivity index (χ1) is 8.22. The Bertz CT molecular complexity index is 508. The Kier molecular flexibility index (Phi) is 3.86. The van der Waals surface area contributed by atoms with Crippen LogP contribution in [0.1, 0.15) is 12.0 Å². The molecule has 90 valence electrons. The van der Waals surface area contributed by atoms with Crippen molar-refractivity contribution in [2.75, 3.05) is 6.54 Å². The lowest BCUT2D eigenvalue weighted by atomic mass is 10.1. The zero-order valence-corrected chi connectivity index (χ0v) is 11.2. The molecule has 0 amide bonds. The summed E-state index contributed by atoms with van der Waals surface area (Å²) in [7, 11) is 0. The van der Waals surface area contributed by atoms with E-state index in [9.17, 15) is 0 Å². The fraction of sp³-hybridized carbons (Fsp3) is 0.364. The van der Waals surface area contributed by atoms with E-state index in [1.165, 1.54) is 0 Å². The molecule has 2 rings (SSSR count). The van der Waals surface area contributed by atoms with E-state index in [4.69, 9.17) is 5.73 Å². The van der Waals surface area contributed by atoms with Crippen molar-refractivity contribution in [3.63, 3.8) is 0 Å². The van der Waals surface area contributed by atoms with Crippen LogP contribution < -0.4 is 5.73 Å². The van der Waals surface area contributed by atoms with Gasteiger partial charge in [0, 0.05) is 16.6 Å². The van der Waals surface area contributed by atoms with Gasteiger partial charge in [0.15, 0.2) is 5.82 Å². The number of rotatable bonds is 4. The van der Waals surface area contributed by atoms with Gasteiger partial charge in [-0.3, -0.25) is 0 Å². The summed E-state index contributed by atoms with van der Waals surface area (Å²) in [5, 5.41) is 11.8. The molecule has 17 heavy (non-hydrogen) atoms. The van der Waals surface area contributed by atoms with Crippen molar-refractivity contribution in [1.82, 2.24) is 20.2 Å². The van der Waals surface area contributed by atoms with E-state index in [1.807, 2.05) is 19.1 Å². The van der Waals surface area contributed by atoms with Crippen LogP contribution in [0.5, 0.6) is 0 Å². The fourth-order valence-corrected chi connectivity index (χ4v) is 2.14. The zero-order valence-electron chi connectivity index (χ0n) is 9.60. The highest BCUT2D eigenvalue weighted by Gasteiger charge is 2.10. The summed E-state index contributed by atoms with van der Waals surface area (Å²) < 4.78 is 2.85. The van der Waals surface area contributed by atoms with Gasteiger partial charge in [-0.1, -0.05) is 15.9 Å². The summed E-state index contributed by atoms with van der Waals surface area (Å²) in [5.74, 6) is 0.795. The second kappa shape index (κ2) is 5.37. The van der Waals surface area contributed by atoms with Gasteiger partial charge >= 0.3 is 0 Å². The normalized spacial score (nSPS) is 10.8.